The second-order valence-electron chi connectivity index (χ2n) is 3.95. The number of carboxylic acid groups (broad SMARTS) is 1. The number of nitrogens with one attached hydrogen (secondary N) is 1. The molecule has 0 amide bonds. The Bertz CT molecular complexity index is 447. The molecule has 0 aliphatic rings. The lowest BCUT2D eigenvalue weighted by Gasteiger charge is -2.26. The van der Waals surface area contributed by atoms with Crippen molar-refractivity contribution >= 4 is 5.97 Å². The van der Waals surface area contributed by atoms with E-state index in [4.69, 9.17) is 11.2 Å². The van der Waals surface area contributed by atoms with Crippen LogP contribution in [0.15, 0.2) is 24.3 Å². The number of hydrogen-bond acceptors (Lipinski definition) is 3. The third-order valence-corrected chi connectivity index (χ3v) is 2.71. The summed E-state index contributed by atoms with van der Waals surface area (Å²) >= 11 is 0. The number of hydrogen-bond donors (Lipinski definition) is 2. The molecule has 0 heterocycles. The van der Waals surface area contributed by atoms with Crippen molar-refractivity contribution in [1.82, 2.24) is 5.32 Å². The van der Waals surface area contributed by atoms with Gasteiger partial charge in [0.05, 0.1) is 13.2 Å². The van der Waals surface area contributed by atoms with E-state index in [1.165, 1.54) is 0 Å². The van der Waals surface area contributed by atoms with Gasteiger partial charge in [-0.15, -0.1) is 6.42 Å². The molecule has 0 radical (unpaired) electrons. The Morgan fingerprint density at radius 2 is 2.11 bits per heavy atom. The molecule has 1 rings (SSSR count). The molecular weight excluding hydrogens is 230 g/mol. The van der Waals surface area contributed by atoms with Crippen LogP contribution >= 0.6 is 0 Å². The smallest absolute Gasteiger partial charge is 0.328 e. The summed E-state index contributed by atoms with van der Waals surface area (Å²) in [6, 6.07) is 6.94. The third kappa shape index (κ3) is 3.02. The Hall–Kier alpha value is -1.99. The van der Waals surface area contributed by atoms with Crippen molar-refractivity contribution < 1.29 is 14.6 Å². The number of terminal acetylenes is 1. The average Bonchev–Trinajstić information content (AvgIpc) is 2.37. The molecule has 0 saturated heterocycles. The number of carbonyl (C=O) groups is 1. The second kappa shape index (κ2) is 6.08. The highest BCUT2D eigenvalue weighted by molar-refractivity contribution is 5.80. The Morgan fingerprint density at radius 3 is 2.56 bits per heavy atom. The molecule has 2 N–H and O–H groups in total. The topological polar surface area (TPSA) is 58.6 Å². The van der Waals surface area contributed by atoms with Gasteiger partial charge >= 0.3 is 5.97 Å². The van der Waals surface area contributed by atoms with E-state index in [9.17, 15) is 9.90 Å². The highest BCUT2D eigenvalue weighted by Gasteiger charge is 2.34. The Kier molecular flexibility index (Phi) is 4.75. The van der Waals surface area contributed by atoms with Crippen LogP contribution in [0.5, 0.6) is 5.75 Å². The minimum absolute atomic E-state index is 0.190. The minimum Gasteiger partial charge on any atom is -0.494 e. The standard InChI is InChI=1S/C14H17NO3/c1-4-10-15-14(3,13(16)17)11-6-8-12(9-7-11)18-5-2/h1,6-9,15H,5,10H2,2-3H3,(H,16,17). The molecular formula is C14H17NO3. The van der Waals surface area contributed by atoms with Crippen LogP contribution in [0.4, 0.5) is 0 Å². The summed E-state index contributed by atoms with van der Waals surface area (Å²) < 4.78 is 5.31. The molecule has 4 nitrogen and oxygen atoms in total. The number of benzene rings is 1. The average molecular weight is 247 g/mol. The number of aliphatic carboxylic acids is 1. The number of rotatable bonds is 6. The van der Waals surface area contributed by atoms with Crippen LogP contribution in [0.25, 0.3) is 0 Å². The zero-order valence-electron chi connectivity index (χ0n) is 10.6. The minimum atomic E-state index is -1.20. The zero-order valence-corrected chi connectivity index (χ0v) is 10.6. The molecule has 0 aromatic heterocycles. The fraction of sp³-hybridized carbons (Fsp3) is 0.357. The summed E-state index contributed by atoms with van der Waals surface area (Å²) in [7, 11) is 0. The first-order chi connectivity index (χ1) is 8.54. The van der Waals surface area contributed by atoms with Gasteiger partial charge in [0, 0.05) is 0 Å². The van der Waals surface area contributed by atoms with Crippen molar-refractivity contribution in [3.63, 3.8) is 0 Å². The Morgan fingerprint density at radius 1 is 1.50 bits per heavy atom. The van der Waals surface area contributed by atoms with Crippen molar-refractivity contribution in [1.29, 1.82) is 0 Å². The lowest BCUT2D eigenvalue weighted by atomic mass is 9.92. The molecule has 0 saturated carbocycles. The fourth-order valence-electron chi connectivity index (χ4n) is 1.58. The summed E-state index contributed by atoms with van der Waals surface area (Å²) in [4.78, 5) is 11.4. The number of carboxylic acids is 1. The summed E-state index contributed by atoms with van der Waals surface area (Å²) in [6.07, 6.45) is 5.15. The molecule has 18 heavy (non-hydrogen) atoms. The molecule has 96 valence electrons. The van der Waals surface area contributed by atoms with Gasteiger partial charge in [0.15, 0.2) is 0 Å². The van der Waals surface area contributed by atoms with Gasteiger partial charge in [-0.3, -0.25) is 5.32 Å². The van der Waals surface area contributed by atoms with Crippen LogP contribution in [0, 0.1) is 12.3 Å². The normalized spacial score (nSPS) is 13.4. The maximum atomic E-state index is 11.4. The molecule has 0 bridgehead atoms. The van der Waals surface area contributed by atoms with E-state index in [1.807, 2.05) is 6.92 Å². The van der Waals surface area contributed by atoms with Gasteiger partial charge in [-0.1, -0.05) is 18.1 Å². The van der Waals surface area contributed by atoms with Crippen molar-refractivity contribution in [3.8, 4) is 18.1 Å². The van der Waals surface area contributed by atoms with Gasteiger partial charge in [0.25, 0.3) is 0 Å². The predicted octanol–water partition coefficient (Wildman–Crippen LogP) is 1.61. The van der Waals surface area contributed by atoms with Gasteiger partial charge in [0.1, 0.15) is 11.3 Å². The molecule has 0 aliphatic carbocycles. The maximum Gasteiger partial charge on any atom is 0.328 e. The van der Waals surface area contributed by atoms with E-state index in [-0.39, 0.29) is 6.54 Å². The van der Waals surface area contributed by atoms with Crippen LogP contribution in [0.3, 0.4) is 0 Å². The molecule has 1 atom stereocenters. The van der Waals surface area contributed by atoms with E-state index in [0.717, 1.165) is 0 Å². The fourth-order valence-corrected chi connectivity index (χ4v) is 1.58. The van der Waals surface area contributed by atoms with E-state index in [2.05, 4.69) is 11.2 Å². The van der Waals surface area contributed by atoms with Crippen molar-refractivity contribution in [2.45, 2.75) is 19.4 Å². The molecule has 1 aromatic rings. The first kappa shape index (κ1) is 14.1. The molecule has 0 aliphatic heterocycles. The second-order valence-corrected chi connectivity index (χ2v) is 3.95. The van der Waals surface area contributed by atoms with E-state index >= 15 is 0 Å². The summed E-state index contributed by atoms with van der Waals surface area (Å²) in [5.41, 5.74) is -0.564. The molecule has 0 spiro atoms. The molecule has 1 unspecified atom stereocenters. The Labute approximate surface area is 107 Å². The monoisotopic (exact) mass is 247 g/mol. The van der Waals surface area contributed by atoms with Crippen LogP contribution in [0.1, 0.15) is 19.4 Å². The van der Waals surface area contributed by atoms with Crippen LogP contribution < -0.4 is 10.1 Å². The van der Waals surface area contributed by atoms with Crippen molar-refractivity contribution in [2.75, 3.05) is 13.2 Å². The van der Waals surface area contributed by atoms with Crippen LogP contribution in [-0.4, -0.2) is 24.2 Å². The van der Waals surface area contributed by atoms with Gasteiger partial charge in [-0.25, -0.2) is 4.79 Å². The first-order valence-electron chi connectivity index (χ1n) is 5.69. The zero-order chi connectivity index (χ0) is 13.6. The van der Waals surface area contributed by atoms with Crippen LogP contribution in [-0.2, 0) is 10.3 Å². The summed E-state index contributed by atoms with van der Waals surface area (Å²) in [5, 5.41) is 12.2. The van der Waals surface area contributed by atoms with Crippen LogP contribution in [0.2, 0.25) is 0 Å². The lowest BCUT2D eigenvalue weighted by Crippen LogP contribution is -2.46. The highest BCUT2D eigenvalue weighted by Crippen LogP contribution is 2.23. The summed E-state index contributed by atoms with van der Waals surface area (Å²) in [5.74, 6) is 2.12. The SMILES string of the molecule is C#CCNC(C)(C(=O)O)c1ccc(OCC)cc1. The van der Waals surface area contributed by atoms with Gasteiger partial charge in [0.2, 0.25) is 0 Å². The van der Waals surface area contributed by atoms with Gasteiger partial charge in [-0.05, 0) is 31.5 Å². The van der Waals surface area contributed by atoms with Gasteiger partial charge < -0.3 is 9.84 Å². The first-order valence-corrected chi connectivity index (χ1v) is 5.69. The highest BCUT2D eigenvalue weighted by atomic mass is 16.5. The lowest BCUT2D eigenvalue weighted by molar-refractivity contribution is -0.144. The molecule has 1 aromatic carbocycles. The van der Waals surface area contributed by atoms with E-state index in [1.54, 1.807) is 31.2 Å². The molecule has 4 heteroatoms. The maximum absolute atomic E-state index is 11.4. The summed E-state index contributed by atoms with van der Waals surface area (Å²) in [6.45, 7) is 4.24. The van der Waals surface area contributed by atoms with Crippen molar-refractivity contribution in [3.05, 3.63) is 29.8 Å². The largest absolute Gasteiger partial charge is 0.494 e. The quantitative estimate of drug-likeness (QED) is 0.750. The van der Waals surface area contributed by atoms with E-state index < -0.39 is 11.5 Å². The van der Waals surface area contributed by atoms with Gasteiger partial charge in [-0.2, -0.15) is 0 Å². The van der Waals surface area contributed by atoms with Crippen molar-refractivity contribution in [2.24, 2.45) is 0 Å². The third-order valence-electron chi connectivity index (χ3n) is 2.71. The predicted molar refractivity (Wildman–Crippen MR) is 69.4 cm³/mol. The van der Waals surface area contributed by atoms with E-state index in [0.29, 0.717) is 17.9 Å². The Balaban J connectivity index is 2.99. The molecule has 0 fully saturated rings. The number of ether oxygens (including phenoxy) is 1.